The van der Waals surface area contributed by atoms with E-state index in [1.54, 1.807) is 0 Å². The van der Waals surface area contributed by atoms with Crippen molar-refractivity contribution in [3.63, 3.8) is 0 Å². The van der Waals surface area contributed by atoms with Crippen LogP contribution in [0.2, 0.25) is 0 Å². The number of nitrogens with zero attached hydrogens (tertiary/aromatic N) is 1. The Bertz CT molecular complexity index is 1630. The fourth-order valence-corrected chi connectivity index (χ4v) is 6.72. The molecule has 2 unspecified atom stereocenters. The number of halogens is 4. The van der Waals surface area contributed by atoms with Crippen molar-refractivity contribution in [2.24, 2.45) is 28.1 Å². The maximum Gasteiger partial charge on any atom is 0.322 e. The van der Waals surface area contributed by atoms with Crippen molar-refractivity contribution >= 4 is 117 Å². The van der Waals surface area contributed by atoms with E-state index in [2.05, 4.69) is 63.7 Å². The number of ether oxygens (including phenoxy) is 8. The molecule has 3 heterocycles. The molecule has 0 aliphatic carbocycles. The maximum absolute atomic E-state index is 14.0. The van der Waals surface area contributed by atoms with E-state index < -0.39 is 145 Å². The third kappa shape index (κ3) is 13.9. The van der Waals surface area contributed by atoms with Crippen LogP contribution in [-0.2, 0) is 81.0 Å². The predicted molar refractivity (Wildman–Crippen MR) is 235 cm³/mol. The normalized spacial score (nSPS) is 20.5. The molecule has 3 fully saturated rings. The van der Waals surface area contributed by atoms with Gasteiger partial charge in [0.2, 0.25) is 11.8 Å². The summed E-state index contributed by atoms with van der Waals surface area (Å²) in [7, 11) is 0. The minimum Gasteiger partial charge on any atom is -0.464 e. The van der Waals surface area contributed by atoms with E-state index in [4.69, 9.17) is 37.9 Å². The van der Waals surface area contributed by atoms with Gasteiger partial charge in [-0.1, -0.05) is 63.7 Å². The van der Waals surface area contributed by atoms with Crippen LogP contribution in [0.1, 0.15) is 89.0 Å². The van der Waals surface area contributed by atoms with Crippen molar-refractivity contribution < 1.29 is 81.0 Å². The van der Waals surface area contributed by atoms with Crippen LogP contribution >= 0.6 is 63.7 Å². The fourth-order valence-electron chi connectivity index (χ4n) is 6.26. The Hall–Kier alpha value is -2.69. The SMILES string of the molecule is CC(C)(Br)C(=O)OCC(C)(COC(=O)C(C)(C)Br)C(=O)OCC(C)(COC(=O)C(C)(COC(=O)C(C)(C)Br)COC(=O)C(C)(C)Br)C(=O)OCCN1C(=O)[C@@H]2C3CCC(O3)[C@@H]2C1=O. The zero-order valence-electron chi connectivity index (χ0n) is 37.3. The van der Waals surface area contributed by atoms with Gasteiger partial charge in [0.15, 0.2) is 0 Å². The number of carbonyl (C=O) groups excluding carboxylic acids is 9. The van der Waals surface area contributed by atoms with Gasteiger partial charge in [-0.3, -0.25) is 48.1 Å². The van der Waals surface area contributed by atoms with Gasteiger partial charge in [-0.2, -0.15) is 0 Å². The highest BCUT2D eigenvalue weighted by Crippen LogP contribution is 2.48. The lowest BCUT2D eigenvalue weighted by molar-refractivity contribution is -0.183. The lowest BCUT2D eigenvalue weighted by atomic mass is 9.81. The van der Waals surface area contributed by atoms with E-state index in [1.807, 2.05) is 0 Å². The summed E-state index contributed by atoms with van der Waals surface area (Å²) in [5.74, 6) is -8.40. The van der Waals surface area contributed by atoms with Gasteiger partial charge in [-0.15, -0.1) is 0 Å². The molecule has 22 heteroatoms. The average molecular weight is 1160 g/mol. The van der Waals surface area contributed by atoms with Gasteiger partial charge in [-0.25, -0.2) is 0 Å². The highest BCUT2D eigenvalue weighted by atomic mass is 79.9. The van der Waals surface area contributed by atoms with Crippen molar-refractivity contribution in [3.05, 3.63) is 0 Å². The number of fused-ring (bicyclic) bond motifs is 5. The minimum absolute atomic E-state index is 0.295. The molecule has 3 saturated heterocycles. The average Bonchev–Trinajstić information content (AvgIpc) is 3.86. The van der Waals surface area contributed by atoms with Crippen molar-refractivity contribution in [2.75, 3.05) is 52.8 Å². The molecule has 3 aliphatic rings. The summed E-state index contributed by atoms with van der Waals surface area (Å²) in [6.45, 7) is 11.0. The van der Waals surface area contributed by atoms with Crippen LogP contribution in [0.5, 0.6) is 0 Å². The molecular weight excluding hydrogens is 1100 g/mol. The molecule has 2 bridgehead atoms. The molecular formula is C41H57Br4NO17. The molecule has 0 saturated carbocycles. The highest BCUT2D eigenvalue weighted by molar-refractivity contribution is 9.10. The van der Waals surface area contributed by atoms with Gasteiger partial charge in [0.1, 0.15) is 79.8 Å². The number of rotatable bonds is 22. The molecule has 356 valence electrons. The van der Waals surface area contributed by atoms with E-state index >= 15 is 0 Å². The molecule has 63 heavy (non-hydrogen) atoms. The largest absolute Gasteiger partial charge is 0.464 e. The van der Waals surface area contributed by atoms with Gasteiger partial charge < -0.3 is 37.9 Å². The number of alkyl halides is 4. The summed E-state index contributed by atoms with van der Waals surface area (Å²) in [4.78, 5) is 120. The maximum atomic E-state index is 14.0. The lowest BCUT2D eigenvalue weighted by Gasteiger charge is -2.33. The van der Waals surface area contributed by atoms with Crippen molar-refractivity contribution in [2.45, 2.75) is 119 Å². The van der Waals surface area contributed by atoms with E-state index in [0.717, 1.165) is 4.90 Å². The predicted octanol–water partition coefficient (Wildman–Crippen LogP) is 4.66. The number of amides is 2. The summed E-state index contributed by atoms with van der Waals surface area (Å²) in [6.07, 6.45) is 0.592. The Morgan fingerprint density at radius 1 is 0.460 bits per heavy atom. The molecule has 3 aliphatic heterocycles. The number of hydrogen-bond donors (Lipinski definition) is 0. The Morgan fingerprint density at radius 3 is 0.952 bits per heavy atom. The first-order valence-electron chi connectivity index (χ1n) is 20.0. The number of carbonyl (C=O) groups is 9. The van der Waals surface area contributed by atoms with Crippen LogP contribution in [0.15, 0.2) is 0 Å². The highest BCUT2D eigenvalue weighted by Gasteiger charge is 2.62. The first-order chi connectivity index (χ1) is 28.6. The molecule has 0 spiro atoms. The van der Waals surface area contributed by atoms with Crippen LogP contribution in [0, 0.1) is 28.1 Å². The van der Waals surface area contributed by atoms with Gasteiger partial charge in [0.25, 0.3) is 0 Å². The molecule has 4 atom stereocenters. The van der Waals surface area contributed by atoms with Gasteiger partial charge in [-0.05, 0) is 89.0 Å². The van der Waals surface area contributed by atoms with Gasteiger partial charge >= 0.3 is 41.8 Å². The summed E-state index contributed by atoms with van der Waals surface area (Å²) >= 11 is 12.8. The zero-order valence-corrected chi connectivity index (χ0v) is 43.6. The van der Waals surface area contributed by atoms with Crippen molar-refractivity contribution in [1.29, 1.82) is 0 Å². The number of esters is 7. The molecule has 2 amide bonds. The second-order valence-corrected chi connectivity index (χ2v) is 26.8. The number of imide groups is 1. The topological polar surface area (TPSA) is 231 Å². The quantitative estimate of drug-likeness (QED) is 0.0621. The van der Waals surface area contributed by atoms with Crippen LogP contribution in [-0.4, -0.2) is 141 Å². The fraction of sp³-hybridized carbons (Fsp3) is 0.780. The Labute approximate surface area is 400 Å². The van der Waals surface area contributed by atoms with Crippen LogP contribution in [0.3, 0.4) is 0 Å². The van der Waals surface area contributed by atoms with E-state index in [-0.39, 0.29) is 18.8 Å². The number of likely N-dealkylation sites (tertiary alicyclic amines) is 1. The van der Waals surface area contributed by atoms with Crippen molar-refractivity contribution in [3.8, 4) is 0 Å². The third-order valence-electron chi connectivity index (χ3n) is 10.5. The Morgan fingerprint density at radius 2 is 0.698 bits per heavy atom. The Kier molecular flexibility index (Phi) is 17.7. The first kappa shape index (κ1) is 54.6. The Balaban J connectivity index is 1.90. The van der Waals surface area contributed by atoms with Gasteiger partial charge in [0.05, 0.1) is 30.6 Å². The summed E-state index contributed by atoms with van der Waals surface area (Å²) < 4.78 is 39.6. The summed E-state index contributed by atoms with van der Waals surface area (Å²) in [5, 5.41) is 0. The third-order valence-corrected chi connectivity index (χ3v) is 11.8. The van der Waals surface area contributed by atoms with E-state index in [0.29, 0.717) is 12.8 Å². The molecule has 0 aromatic carbocycles. The molecule has 3 rings (SSSR count). The molecule has 18 nitrogen and oxygen atoms in total. The van der Waals surface area contributed by atoms with E-state index in [1.165, 1.54) is 76.2 Å². The number of hydrogen-bond acceptors (Lipinski definition) is 17. The minimum atomic E-state index is -2.03. The van der Waals surface area contributed by atoms with Crippen LogP contribution in [0.4, 0.5) is 0 Å². The second-order valence-electron chi connectivity index (χ2n) is 18.8. The van der Waals surface area contributed by atoms with Crippen LogP contribution < -0.4 is 0 Å². The van der Waals surface area contributed by atoms with Gasteiger partial charge in [0, 0.05) is 0 Å². The molecule has 0 N–H and O–H groups in total. The standard InChI is InChI=1S/C41H57Br4NO17/c1-35(2,42)28(49)57-16-40(10,17-58-29(50)36(3,4)43)33(54)61-20-39(9,32(53)56-15-14-46-26(47)24-22-12-13-23(63-22)25(24)27(46)48)21-62-34(55)41(11,18-59-30(51)37(5,6)44)19-60-31(52)38(7,8)45/h22-25H,12-21H2,1-11H3/t22?,23?,24-,25+. The lowest BCUT2D eigenvalue weighted by Crippen LogP contribution is -2.48. The smallest absolute Gasteiger partial charge is 0.322 e. The second kappa shape index (κ2) is 20.4. The molecule has 0 radical (unpaired) electrons. The molecule has 0 aromatic rings. The van der Waals surface area contributed by atoms with Crippen molar-refractivity contribution in [1.82, 2.24) is 4.90 Å². The molecule has 0 aromatic heterocycles. The van der Waals surface area contributed by atoms with E-state index in [9.17, 15) is 43.2 Å². The summed E-state index contributed by atoms with van der Waals surface area (Å²) in [6, 6.07) is 0. The zero-order chi connectivity index (χ0) is 48.3. The summed E-state index contributed by atoms with van der Waals surface area (Å²) in [5.41, 5.74) is -5.72. The monoisotopic (exact) mass is 1150 g/mol. The first-order valence-corrected chi connectivity index (χ1v) is 23.2. The van der Waals surface area contributed by atoms with Crippen LogP contribution in [0.25, 0.3) is 0 Å².